The van der Waals surface area contributed by atoms with Crippen LogP contribution in [0.15, 0.2) is 29.2 Å². The first-order valence-corrected chi connectivity index (χ1v) is 7.71. The summed E-state index contributed by atoms with van der Waals surface area (Å²) in [4.78, 5) is 0.0210. The first-order valence-electron chi connectivity index (χ1n) is 6.27. The molecule has 1 aromatic carbocycles. The van der Waals surface area contributed by atoms with Gasteiger partial charge < -0.3 is 10.8 Å². The lowest BCUT2D eigenvalue weighted by atomic mass is 10.2. The summed E-state index contributed by atoms with van der Waals surface area (Å²) < 4.78 is 27.8. The number of nitrogens with zero attached hydrogens (tertiary/aromatic N) is 3. The summed E-state index contributed by atoms with van der Waals surface area (Å²) >= 11 is 0. The van der Waals surface area contributed by atoms with Crippen LogP contribution in [-0.4, -0.2) is 34.7 Å². The molecule has 0 spiro atoms. The third-order valence-electron chi connectivity index (χ3n) is 3.29. The molecule has 8 heteroatoms. The van der Waals surface area contributed by atoms with Gasteiger partial charge in [-0.1, -0.05) is 12.1 Å². The monoisotopic (exact) mass is 310 g/mol. The highest BCUT2D eigenvalue weighted by Crippen LogP contribution is 2.25. The van der Waals surface area contributed by atoms with Gasteiger partial charge in [0.2, 0.25) is 10.0 Å². The summed E-state index contributed by atoms with van der Waals surface area (Å²) in [7, 11) is -0.645. The molecule has 114 valence electrons. The zero-order valence-corrected chi connectivity index (χ0v) is 12.9. The highest BCUT2D eigenvalue weighted by atomic mass is 32.2. The number of anilines is 1. The number of hydrogen-bond acceptors (Lipinski definition) is 5. The molecular formula is C13H18N4O3S. The number of hydrogen-bond donors (Lipinski definition) is 2. The first kappa shape index (κ1) is 15.3. The van der Waals surface area contributed by atoms with E-state index in [9.17, 15) is 13.5 Å². The average molecular weight is 310 g/mol. The third-order valence-corrected chi connectivity index (χ3v) is 5.26. The summed E-state index contributed by atoms with van der Waals surface area (Å²) in [6.07, 6.45) is 0. The molecule has 0 radical (unpaired) electrons. The van der Waals surface area contributed by atoms with Gasteiger partial charge in [-0.25, -0.2) is 8.42 Å². The highest BCUT2D eigenvalue weighted by Gasteiger charge is 2.28. The van der Waals surface area contributed by atoms with Crippen molar-refractivity contribution in [3.63, 3.8) is 0 Å². The predicted molar refractivity (Wildman–Crippen MR) is 79.1 cm³/mol. The zero-order chi connectivity index (χ0) is 15.8. The van der Waals surface area contributed by atoms with Crippen LogP contribution in [0, 0.1) is 6.92 Å². The van der Waals surface area contributed by atoms with Gasteiger partial charge in [-0.3, -0.25) is 4.68 Å². The largest absolute Gasteiger partial charge is 0.508 e. The smallest absolute Gasteiger partial charge is 0.248 e. The molecule has 3 N–H and O–H groups in total. The van der Waals surface area contributed by atoms with Gasteiger partial charge in [0, 0.05) is 20.6 Å². The Kier molecular flexibility index (Phi) is 3.93. The number of aryl methyl sites for hydroxylation is 1. The van der Waals surface area contributed by atoms with Crippen LogP contribution in [0.25, 0.3) is 0 Å². The summed E-state index contributed by atoms with van der Waals surface area (Å²) in [6, 6.07) is 6.45. The van der Waals surface area contributed by atoms with Gasteiger partial charge in [-0.15, -0.1) is 0 Å². The maximum Gasteiger partial charge on any atom is 0.248 e. The molecule has 2 rings (SSSR count). The minimum atomic E-state index is -3.75. The molecule has 0 aliphatic carbocycles. The fourth-order valence-electron chi connectivity index (χ4n) is 2.09. The first-order chi connectivity index (χ1) is 9.73. The number of nitrogens with two attached hydrogens (primary N) is 1. The molecule has 0 atom stereocenters. The molecule has 21 heavy (non-hydrogen) atoms. The van der Waals surface area contributed by atoms with Gasteiger partial charge in [0.15, 0.2) is 5.82 Å². The van der Waals surface area contributed by atoms with E-state index in [0.717, 1.165) is 0 Å². The number of benzene rings is 1. The minimum Gasteiger partial charge on any atom is -0.508 e. The van der Waals surface area contributed by atoms with Gasteiger partial charge in [-0.2, -0.15) is 9.40 Å². The van der Waals surface area contributed by atoms with Gasteiger partial charge in [-0.05, 0) is 24.6 Å². The topological polar surface area (TPSA) is 101 Å². The number of aromatic hydroxyl groups is 1. The van der Waals surface area contributed by atoms with Crippen molar-refractivity contribution in [3.8, 4) is 5.75 Å². The summed E-state index contributed by atoms with van der Waals surface area (Å²) in [5.41, 5.74) is 6.87. The Balaban J connectivity index is 2.35. The van der Waals surface area contributed by atoms with Crippen LogP contribution in [0.3, 0.4) is 0 Å². The van der Waals surface area contributed by atoms with E-state index in [0.29, 0.717) is 11.3 Å². The second-order valence-electron chi connectivity index (χ2n) is 4.85. The SMILES string of the molecule is Cc1c(S(=O)(=O)N(C)Cc2cccc(O)c2)c(N)nn1C. The van der Waals surface area contributed by atoms with Gasteiger partial charge in [0.1, 0.15) is 10.6 Å². The molecule has 0 saturated carbocycles. The number of phenolic OH excluding ortho intramolecular Hbond substituents is 1. The normalized spacial score (nSPS) is 12.0. The molecule has 0 fully saturated rings. The summed E-state index contributed by atoms with van der Waals surface area (Å²) in [5.74, 6) is 0.0770. The molecule has 7 nitrogen and oxygen atoms in total. The molecule has 1 aromatic heterocycles. The van der Waals surface area contributed by atoms with E-state index in [2.05, 4.69) is 5.10 Å². The van der Waals surface area contributed by atoms with Crippen LogP contribution in [0.5, 0.6) is 5.75 Å². The Morgan fingerprint density at radius 3 is 2.62 bits per heavy atom. The van der Waals surface area contributed by atoms with Gasteiger partial charge in [0.05, 0.1) is 5.69 Å². The Hall–Kier alpha value is -2.06. The predicted octanol–water partition coefficient (Wildman–Crippen LogP) is 0.837. The maximum atomic E-state index is 12.6. The Labute approximate surface area is 123 Å². The third kappa shape index (κ3) is 2.86. The van der Waals surface area contributed by atoms with E-state index in [-0.39, 0.29) is 23.0 Å². The Morgan fingerprint density at radius 1 is 1.43 bits per heavy atom. The van der Waals surface area contributed by atoms with Crippen molar-refractivity contribution in [2.24, 2.45) is 7.05 Å². The quantitative estimate of drug-likeness (QED) is 0.871. The molecule has 2 aromatic rings. The lowest BCUT2D eigenvalue weighted by molar-refractivity contribution is 0.458. The van der Waals surface area contributed by atoms with Crippen molar-refractivity contribution >= 4 is 15.8 Å². The molecule has 0 unspecified atom stereocenters. The Bertz CT molecular complexity index is 768. The molecule has 0 saturated heterocycles. The van der Waals surface area contributed by atoms with Crippen molar-refractivity contribution in [1.29, 1.82) is 0 Å². The van der Waals surface area contributed by atoms with Gasteiger partial charge in [0.25, 0.3) is 0 Å². The number of sulfonamides is 1. The molecule has 0 bridgehead atoms. The second kappa shape index (κ2) is 5.38. The summed E-state index contributed by atoms with van der Waals surface area (Å²) in [5, 5.41) is 13.4. The van der Waals surface area contributed by atoms with Crippen LogP contribution in [0.4, 0.5) is 5.82 Å². The van der Waals surface area contributed by atoms with Gasteiger partial charge >= 0.3 is 0 Å². The highest BCUT2D eigenvalue weighted by molar-refractivity contribution is 7.89. The lowest BCUT2D eigenvalue weighted by Crippen LogP contribution is -2.27. The van der Waals surface area contributed by atoms with Crippen molar-refractivity contribution in [1.82, 2.24) is 14.1 Å². The van der Waals surface area contributed by atoms with Crippen LogP contribution >= 0.6 is 0 Å². The summed E-state index contributed by atoms with van der Waals surface area (Å²) in [6.45, 7) is 1.78. The molecule has 0 aliphatic rings. The number of aromatic nitrogens is 2. The van der Waals surface area contributed by atoms with Crippen molar-refractivity contribution < 1.29 is 13.5 Å². The minimum absolute atomic E-state index is 0.0160. The fraction of sp³-hybridized carbons (Fsp3) is 0.308. The van der Waals surface area contributed by atoms with Crippen LogP contribution in [0.2, 0.25) is 0 Å². The van der Waals surface area contributed by atoms with Crippen molar-refractivity contribution in [3.05, 3.63) is 35.5 Å². The van der Waals surface area contributed by atoms with E-state index < -0.39 is 10.0 Å². The maximum absolute atomic E-state index is 12.6. The lowest BCUT2D eigenvalue weighted by Gasteiger charge is -2.17. The van der Waals surface area contributed by atoms with Crippen molar-refractivity contribution in [2.45, 2.75) is 18.4 Å². The van der Waals surface area contributed by atoms with E-state index in [1.54, 1.807) is 26.1 Å². The zero-order valence-electron chi connectivity index (χ0n) is 12.1. The average Bonchev–Trinajstić information content (AvgIpc) is 2.63. The molecule has 0 amide bonds. The standard InChI is InChI=1S/C13H18N4O3S/c1-9-12(13(14)15-17(9)3)21(19,20)16(2)8-10-5-4-6-11(18)7-10/h4-7,18H,8H2,1-3H3,(H2,14,15). The van der Waals surface area contributed by atoms with Crippen LogP contribution in [0.1, 0.15) is 11.3 Å². The second-order valence-corrected chi connectivity index (χ2v) is 6.84. The van der Waals surface area contributed by atoms with Crippen LogP contribution in [-0.2, 0) is 23.6 Å². The number of nitrogen functional groups attached to an aromatic ring is 1. The van der Waals surface area contributed by atoms with E-state index in [1.807, 2.05) is 0 Å². The van der Waals surface area contributed by atoms with E-state index in [1.165, 1.54) is 28.2 Å². The fourth-order valence-corrected chi connectivity index (χ4v) is 3.53. The van der Waals surface area contributed by atoms with E-state index in [4.69, 9.17) is 5.73 Å². The number of phenols is 1. The molecule has 1 heterocycles. The van der Waals surface area contributed by atoms with Crippen molar-refractivity contribution in [2.75, 3.05) is 12.8 Å². The Morgan fingerprint density at radius 2 is 2.10 bits per heavy atom. The molecular weight excluding hydrogens is 292 g/mol. The number of rotatable bonds is 4. The van der Waals surface area contributed by atoms with E-state index >= 15 is 0 Å². The van der Waals surface area contributed by atoms with Crippen LogP contribution < -0.4 is 5.73 Å². The molecule has 0 aliphatic heterocycles.